The highest BCUT2D eigenvalue weighted by molar-refractivity contribution is 7.98. The summed E-state index contributed by atoms with van der Waals surface area (Å²) in [6, 6.07) is 10.4. The third kappa shape index (κ3) is 3.05. The van der Waals surface area contributed by atoms with Gasteiger partial charge in [-0.15, -0.1) is 11.8 Å². The number of benzene rings is 2. The predicted molar refractivity (Wildman–Crippen MR) is 81.2 cm³/mol. The fourth-order valence-corrected chi connectivity index (χ4v) is 2.83. The van der Waals surface area contributed by atoms with Crippen molar-refractivity contribution in [1.29, 1.82) is 0 Å². The molecule has 3 aromatic rings. The Hall–Kier alpha value is -2.34. The number of hydrogen-bond donors (Lipinski definition) is 2. The molecule has 0 bridgehead atoms. The van der Waals surface area contributed by atoms with Gasteiger partial charge < -0.3 is 9.97 Å². The molecule has 3 rings (SSSR count). The van der Waals surface area contributed by atoms with Crippen LogP contribution in [0.4, 0.5) is 4.39 Å². The monoisotopic (exact) mass is 302 g/mol. The van der Waals surface area contributed by atoms with Gasteiger partial charge in [0.05, 0.1) is 0 Å². The molecule has 1 heterocycles. The Morgan fingerprint density at radius 2 is 1.76 bits per heavy atom. The van der Waals surface area contributed by atoms with Crippen molar-refractivity contribution >= 4 is 22.5 Å². The van der Waals surface area contributed by atoms with Gasteiger partial charge in [0.25, 0.3) is 0 Å². The Kier molecular flexibility index (Phi) is 3.62. The summed E-state index contributed by atoms with van der Waals surface area (Å²) in [4.78, 5) is 28.1. The van der Waals surface area contributed by atoms with Gasteiger partial charge in [0.1, 0.15) is 5.82 Å². The number of halogens is 1. The molecule has 2 N–H and O–H groups in total. The molecule has 0 amide bonds. The van der Waals surface area contributed by atoms with Crippen LogP contribution in [0.25, 0.3) is 10.8 Å². The lowest BCUT2D eigenvalue weighted by molar-refractivity contribution is 0.630. The van der Waals surface area contributed by atoms with Gasteiger partial charge in [-0.25, -0.2) is 4.39 Å². The lowest BCUT2D eigenvalue weighted by Crippen LogP contribution is -2.29. The Bertz CT molecular complexity index is 917. The molecule has 4 nitrogen and oxygen atoms in total. The highest BCUT2D eigenvalue weighted by atomic mass is 32.2. The first-order valence-corrected chi connectivity index (χ1v) is 7.23. The number of H-pyrrole nitrogens is 2. The number of thioether (sulfide) groups is 1. The van der Waals surface area contributed by atoms with Crippen LogP contribution in [-0.4, -0.2) is 9.97 Å². The molecule has 0 aliphatic carbocycles. The summed E-state index contributed by atoms with van der Waals surface area (Å²) in [5, 5.41) is 1.80. The number of nitrogens with one attached hydrogen (secondary N) is 2. The molecule has 0 radical (unpaired) electrons. The minimum Gasteiger partial charge on any atom is -0.323 e. The molecule has 0 unspecified atom stereocenters. The standard InChI is InChI=1S/C15H11FN2O2S/c16-11-3-1-10-6-13(4-2-9(10)5-11)21-8-12-7-17-14(19)15(20)18-12/h1-7H,8H2,(H,17,19)(H,18,20). The van der Waals surface area contributed by atoms with E-state index in [2.05, 4.69) is 9.97 Å². The van der Waals surface area contributed by atoms with Gasteiger partial charge in [-0.2, -0.15) is 0 Å². The zero-order chi connectivity index (χ0) is 14.8. The van der Waals surface area contributed by atoms with E-state index < -0.39 is 11.1 Å². The largest absolute Gasteiger partial charge is 0.323 e. The van der Waals surface area contributed by atoms with E-state index >= 15 is 0 Å². The number of hydrogen-bond acceptors (Lipinski definition) is 3. The van der Waals surface area contributed by atoms with Crippen LogP contribution in [0.2, 0.25) is 0 Å². The van der Waals surface area contributed by atoms with Crippen LogP contribution in [0.15, 0.2) is 57.1 Å². The third-order valence-electron chi connectivity index (χ3n) is 3.03. The summed E-state index contributed by atoms with van der Waals surface area (Å²) < 4.78 is 13.1. The first-order valence-electron chi connectivity index (χ1n) is 6.25. The summed E-state index contributed by atoms with van der Waals surface area (Å²) in [5.41, 5.74) is -0.664. The molecule has 0 saturated heterocycles. The Balaban J connectivity index is 1.81. The molecule has 6 heteroatoms. The maximum absolute atomic E-state index is 13.1. The van der Waals surface area contributed by atoms with Crippen molar-refractivity contribution < 1.29 is 4.39 Å². The van der Waals surface area contributed by atoms with E-state index in [1.807, 2.05) is 18.2 Å². The Morgan fingerprint density at radius 1 is 1.00 bits per heavy atom. The van der Waals surface area contributed by atoms with Crippen molar-refractivity contribution in [3.8, 4) is 0 Å². The van der Waals surface area contributed by atoms with Crippen LogP contribution >= 0.6 is 11.8 Å². The van der Waals surface area contributed by atoms with Crippen LogP contribution in [0.5, 0.6) is 0 Å². The molecule has 1 aromatic heterocycles. The van der Waals surface area contributed by atoms with Crippen LogP contribution in [0, 0.1) is 5.82 Å². The summed E-state index contributed by atoms with van der Waals surface area (Å²) in [5.74, 6) is 0.271. The van der Waals surface area contributed by atoms with Crippen LogP contribution < -0.4 is 11.1 Å². The molecular weight excluding hydrogens is 291 g/mol. The maximum atomic E-state index is 13.1. The first-order chi connectivity index (χ1) is 10.1. The van der Waals surface area contributed by atoms with Gasteiger partial charge in [-0.05, 0) is 35.0 Å². The SMILES string of the molecule is O=c1[nH]cc(CSc2ccc3cc(F)ccc3c2)[nH]c1=O. The second kappa shape index (κ2) is 5.57. The van der Waals surface area contributed by atoms with Crippen molar-refractivity contribution in [1.82, 2.24) is 9.97 Å². The van der Waals surface area contributed by atoms with E-state index in [-0.39, 0.29) is 5.82 Å². The number of aromatic nitrogens is 2. The number of fused-ring (bicyclic) bond motifs is 1. The zero-order valence-corrected chi connectivity index (χ0v) is 11.7. The minimum absolute atomic E-state index is 0.256. The van der Waals surface area contributed by atoms with E-state index in [1.54, 1.807) is 6.07 Å². The highest BCUT2D eigenvalue weighted by Crippen LogP contribution is 2.26. The molecule has 0 saturated carbocycles. The molecule has 21 heavy (non-hydrogen) atoms. The molecule has 0 spiro atoms. The topological polar surface area (TPSA) is 65.7 Å². The molecule has 106 valence electrons. The first kappa shape index (κ1) is 13.6. The smallest absolute Gasteiger partial charge is 0.313 e. The summed E-state index contributed by atoms with van der Waals surface area (Å²) in [6.07, 6.45) is 1.49. The molecule has 0 fully saturated rings. The fraction of sp³-hybridized carbons (Fsp3) is 0.0667. The summed E-state index contributed by atoms with van der Waals surface area (Å²) >= 11 is 1.52. The summed E-state index contributed by atoms with van der Waals surface area (Å²) in [7, 11) is 0. The van der Waals surface area contributed by atoms with Crippen LogP contribution in [0.1, 0.15) is 5.69 Å². The molecule has 2 aromatic carbocycles. The van der Waals surface area contributed by atoms with Gasteiger partial charge in [0.15, 0.2) is 0 Å². The minimum atomic E-state index is -0.656. The number of rotatable bonds is 3. The van der Waals surface area contributed by atoms with Crippen molar-refractivity contribution in [2.45, 2.75) is 10.6 Å². The Labute approximate surface area is 123 Å². The molecule has 0 aliphatic rings. The lowest BCUT2D eigenvalue weighted by Gasteiger charge is -2.04. The van der Waals surface area contributed by atoms with E-state index in [1.165, 1.54) is 30.1 Å². The molecular formula is C15H11FN2O2S. The maximum Gasteiger partial charge on any atom is 0.313 e. The van der Waals surface area contributed by atoms with Gasteiger partial charge >= 0.3 is 11.1 Å². The zero-order valence-electron chi connectivity index (χ0n) is 10.9. The quantitative estimate of drug-likeness (QED) is 0.577. The van der Waals surface area contributed by atoms with Crippen LogP contribution in [0.3, 0.4) is 0 Å². The van der Waals surface area contributed by atoms with Crippen LogP contribution in [-0.2, 0) is 5.75 Å². The second-order valence-corrected chi connectivity index (χ2v) is 5.59. The van der Waals surface area contributed by atoms with E-state index in [4.69, 9.17) is 0 Å². The van der Waals surface area contributed by atoms with E-state index in [0.29, 0.717) is 11.4 Å². The number of aromatic amines is 2. The Morgan fingerprint density at radius 3 is 2.57 bits per heavy atom. The van der Waals surface area contributed by atoms with Gasteiger partial charge in [0.2, 0.25) is 0 Å². The van der Waals surface area contributed by atoms with Gasteiger partial charge in [-0.1, -0.05) is 12.1 Å². The van der Waals surface area contributed by atoms with Gasteiger partial charge in [-0.3, -0.25) is 9.59 Å². The predicted octanol–water partition coefficient (Wildman–Crippen LogP) is 2.65. The fourth-order valence-electron chi connectivity index (χ4n) is 1.98. The normalized spacial score (nSPS) is 10.9. The van der Waals surface area contributed by atoms with Crippen molar-refractivity contribution in [3.63, 3.8) is 0 Å². The van der Waals surface area contributed by atoms with E-state index in [9.17, 15) is 14.0 Å². The second-order valence-electron chi connectivity index (χ2n) is 4.54. The third-order valence-corrected chi connectivity index (χ3v) is 4.07. The van der Waals surface area contributed by atoms with Gasteiger partial charge in [0, 0.05) is 22.5 Å². The van der Waals surface area contributed by atoms with Crippen molar-refractivity contribution in [2.24, 2.45) is 0 Å². The van der Waals surface area contributed by atoms with Crippen molar-refractivity contribution in [3.05, 3.63) is 74.8 Å². The lowest BCUT2D eigenvalue weighted by atomic mass is 10.1. The average Bonchev–Trinajstić information content (AvgIpc) is 2.48. The highest BCUT2D eigenvalue weighted by Gasteiger charge is 2.02. The van der Waals surface area contributed by atoms with E-state index in [0.717, 1.165) is 15.7 Å². The molecule has 0 atom stereocenters. The average molecular weight is 302 g/mol. The van der Waals surface area contributed by atoms with Crippen molar-refractivity contribution in [2.75, 3.05) is 0 Å². The summed E-state index contributed by atoms with van der Waals surface area (Å²) in [6.45, 7) is 0. The molecule has 0 aliphatic heterocycles.